The zero-order valence-corrected chi connectivity index (χ0v) is 21.2. The van der Waals surface area contributed by atoms with Gasteiger partial charge in [0.25, 0.3) is 17.4 Å². The maximum atomic E-state index is 13.4. The maximum Gasteiger partial charge on any atom is 0.274 e. The number of carbonyl (C=O) groups excluding carboxylic acids is 2. The van der Waals surface area contributed by atoms with Crippen molar-refractivity contribution in [1.82, 2.24) is 9.38 Å². The molecule has 3 aromatic carbocycles. The van der Waals surface area contributed by atoms with Gasteiger partial charge in [-0.3, -0.25) is 14.4 Å². The largest absolute Gasteiger partial charge is 0.497 e. The molecule has 0 radical (unpaired) electrons. The number of aromatic nitrogens is 2. The van der Waals surface area contributed by atoms with Gasteiger partial charge in [-0.1, -0.05) is 29.5 Å². The van der Waals surface area contributed by atoms with Crippen LogP contribution in [0.1, 0.15) is 25.9 Å². The van der Waals surface area contributed by atoms with Crippen LogP contribution < -0.4 is 25.7 Å². The molecule has 0 aliphatic rings. The van der Waals surface area contributed by atoms with Crippen molar-refractivity contribution in [2.24, 2.45) is 0 Å². The summed E-state index contributed by atoms with van der Waals surface area (Å²) in [7, 11) is 1.54. The van der Waals surface area contributed by atoms with E-state index in [9.17, 15) is 14.4 Å². The molecule has 2 amide bonds. The first kappa shape index (κ1) is 24.7. The monoisotopic (exact) mass is 526 g/mol. The molecule has 0 bridgehead atoms. The van der Waals surface area contributed by atoms with E-state index in [1.165, 1.54) is 6.07 Å². The van der Waals surface area contributed by atoms with E-state index in [2.05, 4.69) is 15.6 Å². The molecular formula is C28H22N4O5S. The molecule has 38 heavy (non-hydrogen) atoms. The molecule has 0 fully saturated rings. The second kappa shape index (κ2) is 10.6. The fourth-order valence-electron chi connectivity index (χ4n) is 3.73. The van der Waals surface area contributed by atoms with E-state index in [1.54, 1.807) is 62.6 Å². The molecule has 10 heteroatoms. The predicted octanol–water partition coefficient (Wildman–Crippen LogP) is 5.37. The van der Waals surface area contributed by atoms with E-state index in [0.717, 1.165) is 15.7 Å². The van der Waals surface area contributed by atoms with Crippen molar-refractivity contribution in [3.63, 3.8) is 0 Å². The number of anilines is 2. The number of rotatable bonds is 7. The summed E-state index contributed by atoms with van der Waals surface area (Å²) in [5.41, 5.74) is 0.902. The third-order valence-electron chi connectivity index (χ3n) is 5.51. The number of hydrogen-bond acceptors (Lipinski definition) is 7. The van der Waals surface area contributed by atoms with Crippen LogP contribution in [0.15, 0.2) is 89.7 Å². The highest BCUT2D eigenvalue weighted by atomic mass is 32.1. The number of nitrogens with one attached hydrogen (secondary N) is 2. The normalized spacial score (nSPS) is 10.7. The Hall–Kier alpha value is -4.96. The lowest BCUT2D eigenvalue weighted by molar-refractivity contribution is 0.0989. The molecule has 9 nitrogen and oxygen atoms in total. The Kier molecular flexibility index (Phi) is 6.88. The molecule has 2 N–H and O–H groups in total. The summed E-state index contributed by atoms with van der Waals surface area (Å²) in [6.07, 6.45) is 0. The van der Waals surface area contributed by atoms with Crippen molar-refractivity contribution in [2.75, 3.05) is 17.7 Å². The number of amides is 2. The van der Waals surface area contributed by atoms with Gasteiger partial charge < -0.3 is 20.1 Å². The Morgan fingerprint density at radius 3 is 2.03 bits per heavy atom. The number of fused-ring (bicyclic) bond motifs is 1. The average molecular weight is 527 g/mol. The minimum Gasteiger partial charge on any atom is -0.497 e. The standard InChI is InChI=1S/C28H22N4O5S/c1-17-16-23(33)32-24(26(34)30-18-8-12-20(36-2)13-9-18)25(38-28(32)29-17)27(35)31-19-10-14-22(15-11-19)37-21-6-4-3-5-7-21/h3-16H,1-2H3,(H,30,34)(H,31,35). The van der Waals surface area contributed by atoms with Crippen molar-refractivity contribution in [3.8, 4) is 17.2 Å². The molecule has 5 rings (SSSR count). The van der Waals surface area contributed by atoms with Crippen LogP contribution in [-0.4, -0.2) is 28.3 Å². The molecule has 0 spiro atoms. The molecule has 0 atom stereocenters. The van der Waals surface area contributed by atoms with Crippen LogP contribution in [0.2, 0.25) is 0 Å². The highest BCUT2D eigenvalue weighted by molar-refractivity contribution is 7.19. The lowest BCUT2D eigenvalue weighted by atomic mass is 10.2. The van der Waals surface area contributed by atoms with Crippen molar-refractivity contribution in [2.45, 2.75) is 6.92 Å². The Balaban J connectivity index is 1.43. The highest BCUT2D eigenvalue weighted by Crippen LogP contribution is 2.26. The Morgan fingerprint density at radius 1 is 0.816 bits per heavy atom. The van der Waals surface area contributed by atoms with Gasteiger partial charge in [-0.25, -0.2) is 9.38 Å². The molecule has 2 aromatic heterocycles. The van der Waals surface area contributed by atoms with E-state index in [-0.39, 0.29) is 15.5 Å². The number of benzene rings is 3. The number of carbonyl (C=O) groups is 2. The number of para-hydroxylation sites is 1. The van der Waals surface area contributed by atoms with Crippen LogP contribution in [0.4, 0.5) is 11.4 Å². The molecule has 0 aliphatic carbocycles. The van der Waals surface area contributed by atoms with Crippen molar-refractivity contribution in [1.29, 1.82) is 0 Å². The van der Waals surface area contributed by atoms with Crippen LogP contribution in [0.5, 0.6) is 17.2 Å². The third kappa shape index (κ3) is 5.25. The van der Waals surface area contributed by atoms with Crippen molar-refractivity contribution < 1.29 is 19.1 Å². The molecule has 0 aliphatic heterocycles. The van der Waals surface area contributed by atoms with Crippen LogP contribution in [0.3, 0.4) is 0 Å². The van der Waals surface area contributed by atoms with E-state index >= 15 is 0 Å². The number of aryl methyl sites for hydroxylation is 1. The highest BCUT2D eigenvalue weighted by Gasteiger charge is 2.26. The summed E-state index contributed by atoms with van der Waals surface area (Å²) in [6.45, 7) is 1.68. The number of methoxy groups -OCH3 is 1. The topological polar surface area (TPSA) is 111 Å². The van der Waals surface area contributed by atoms with Gasteiger partial charge in [-0.05, 0) is 67.6 Å². The van der Waals surface area contributed by atoms with Crippen molar-refractivity contribution in [3.05, 3.63) is 112 Å². The Morgan fingerprint density at radius 2 is 1.39 bits per heavy atom. The van der Waals surface area contributed by atoms with Crippen LogP contribution in [0, 0.1) is 6.92 Å². The minimum absolute atomic E-state index is 0.0517. The zero-order valence-electron chi connectivity index (χ0n) is 20.4. The summed E-state index contributed by atoms with van der Waals surface area (Å²) in [4.78, 5) is 44.2. The number of thiazole rings is 1. The van der Waals surface area contributed by atoms with Gasteiger partial charge in [0.05, 0.1) is 7.11 Å². The second-order valence-electron chi connectivity index (χ2n) is 8.21. The first-order chi connectivity index (χ1) is 18.4. The maximum absolute atomic E-state index is 13.4. The number of nitrogens with zero attached hydrogens (tertiary/aromatic N) is 2. The van der Waals surface area contributed by atoms with Gasteiger partial charge in [-0.2, -0.15) is 0 Å². The lowest BCUT2D eigenvalue weighted by Gasteiger charge is -2.09. The summed E-state index contributed by atoms with van der Waals surface area (Å²) in [5.74, 6) is 0.748. The summed E-state index contributed by atoms with van der Waals surface area (Å²) >= 11 is 0.964. The van der Waals surface area contributed by atoms with E-state index < -0.39 is 17.4 Å². The fourth-order valence-corrected chi connectivity index (χ4v) is 4.80. The first-order valence-corrected chi connectivity index (χ1v) is 12.4. The Labute approximate surface area is 221 Å². The molecule has 0 saturated heterocycles. The van der Waals surface area contributed by atoms with Crippen LogP contribution in [-0.2, 0) is 0 Å². The quantitative estimate of drug-likeness (QED) is 0.295. The smallest absolute Gasteiger partial charge is 0.274 e. The van der Waals surface area contributed by atoms with Gasteiger partial charge in [-0.15, -0.1) is 0 Å². The number of hydrogen-bond donors (Lipinski definition) is 2. The van der Waals surface area contributed by atoms with E-state index in [4.69, 9.17) is 9.47 Å². The number of ether oxygens (including phenoxy) is 2. The predicted molar refractivity (Wildman–Crippen MR) is 146 cm³/mol. The Bertz CT molecular complexity index is 1680. The second-order valence-corrected chi connectivity index (χ2v) is 9.19. The molecule has 190 valence electrons. The molecular weight excluding hydrogens is 504 g/mol. The molecule has 5 aromatic rings. The minimum atomic E-state index is -0.620. The average Bonchev–Trinajstić information content (AvgIpc) is 3.31. The summed E-state index contributed by atoms with van der Waals surface area (Å²) in [5, 5.41) is 5.54. The van der Waals surface area contributed by atoms with Gasteiger partial charge in [0.2, 0.25) is 0 Å². The van der Waals surface area contributed by atoms with E-state index in [0.29, 0.717) is 34.3 Å². The molecule has 0 unspecified atom stereocenters. The zero-order chi connectivity index (χ0) is 26.6. The molecule has 0 saturated carbocycles. The van der Waals surface area contributed by atoms with Crippen molar-refractivity contribution >= 4 is 39.5 Å². The van der Waals surface area contributed by atoms with Crippen LogP contribution >= 0.6 is 11.3 Å². The summed E-state index contributed by atoms with van der Waals surface area (Å²) < 4.78 is 12.1. The fraction of sp³-hybridized carbons (Fsp3) is 0.0714. The van der Waals surface area contributed by atoms with Gasteiger partial charge in [0, 0.05) is 23.1 Å². The lowest BCUT2D eigenvalue weighted by Crippen LogP contribution is -2.25. The third-order valence-corrected chi connectivity index (χ3v) is 6.55. The molecule has 2 heterocycles. The first-order valence-electron chi connectivity index (χ1n) is 11.5. The summed E-state index contributed by atoms with van der Waals surface area (Å²) in [6, 6.07) is 24.2. The van der Waals surface area contributed by atoms with Gasteiger partial charge in [0.15, 0.2) is 4.96 Å². The van der Waals surface area contributed by atoms with Crippen LogP contribution in [0.25, 0.3) is 4.96 Å². The SMILES string of the molecule is COc1ccc(NC(=O)c2c(C(=O)Nc3ccc(Oc4ccccc4)cc3)sc3nc(C)cc(=O)n23)cc1. The van der Waals surface area contributed by atoms with E-state index in [1.807, 2.05) is 30.3 Å². The van der Waals surface area contributed by atoms with Gasteiger partial charge >= 0.3 is 0 Å². The van der Waals surface area contributed by atoms with Gasteiger partial charge in [0.1, 0.15) is 27.8 Å².